The lowest BCUT2D eigenvalue weighted by molar-refractivity contribution is -0.142. The smallest absolute Gasteiger partial charge is 0.243 e. The fraction of sp³-hybridized carbons (Fsp3) is 0.364. The summed E-state index contributed by atoms with van der Waals surface area (Å²) in [5, 5.41) is 3.06. The number of hydrogen-bond donors (Lipinski definition) is 1. The Hall–Kier alpha value is -3.73. The fourth-order valence-corrected chi connectivity index (χ4v) is 5.61. The van der Waals surface area contributed by atoms with Gasteiger partial charge in [0, 0.05) is 23.9 Å². The highest BCUT2D eigenvalue weighted by Crippen LogP contribution is 2.51. The number of hydrogen-bond acceptors (Lipinski definition) is 3. The highest BCUT2D eigenvalue weighted by Gasteiger charge is 2.57. The van der Waals surface area contributed by atoms with E-state index in [1.54, 1.807) is 4.90 Å². The van der Waals surface area contributed by atoms with E-state index in [1.807, 2.05) is 126 Å². The molecule has 5 nitrogen and oxygen atoms in total. The van der Waals surface area contributed by atoms with E-state index in [9.17, 15) is 14.4 Å². The Labute approximate surface area is 226 Å². The van der Waals surface area contributed by atoms with Gasteiger partial charge in [0.05, 0.1) is 12.0 Å². The minimum atomic E-state index is -0.836. The second-order valence-corrected chi connectivity index (χ2v) is 11.7. The zero-order chi connectivity index (χ0) is 27.4. The summed E-state index contributed by atoms with van der Waals surface area (Å²) in [6, 6.07) is 27.0. The maximum absolute atomic E-state index is 14.4. The van der Waals surface area contributed by atoms with Crippen LogP contribution in [0, 0.1) is 11.3 Å². The molecule has 1 heterocycles. The Bertz CT molecular complexity index is 1250. The number of Topliss-reactive ketones (excluding diaryl/α,β-unsaturated/α-hetero) is 1. The van der Waals surface area contributed by atoms with Crippen LogP contribution in [0.4, 0.5) is 0 Å². The first-order valence-corrected chi connectivity index (χ1v) is 13.4. The van der Waals surface area contributed by atoms with Crippen molar-refractivity contribution in [2.45, 2.75) is 65.1 Å². The molecule has 4 atom stereocenters. The second kappa shape index (κ2) is 11.3. The van der Waals surface area contributed by atoms with Crippen molar-refractivity contribution in [3.05, 3.63) is 108 Å². The summed E-state index contributed by atoms with van der Waals surface area (Å²) in [7, 11) is 0. The van der Waals surface area contributed by atoms with Gasteiger partial charge in [-0.15, -0.1) is 0 Å². The Morgan fingerprint density at radius 1 is 0.789 bits per heavy atom. The molecule has 1 aliphatic heterocycles. The molecule has 0 saturated carbocycles. The van der Waals surface area contributed by atoms with Crippen LogP contribution in [0.15, 0.2) is 91.0 Å². The Morgan fingerprint density at radius 3 is 1.79 bits per heavy atom. The third kappa shape index (κ3) is 5.88. The third-order valence-electron chi connectivity index (χ3n) is 7.02. The maximum atomic E-state index is 14.4. The van der Waals surface area contributed by atoms with Crippen LogP contribution in [0.2, 0.25) is 0 Å². The van der Waals surface area contributed by atoms with E-state index in [1.165, 1.54) is 0 Å². The molecule has 2 amide bonds. The van der Waals surface area contributed by atoms with Gasteiger partial charge in [0.2, 0.25) is 11.8 Å². The normalized spacial score (nSPS) is 21.4. The van der Waals surface area contributed by atoms with Crippen molar-refractivity contribution < 1.29 is 14.4 Å². The van der Waals surface area contributed by atoms with E-state index >= 15 is 0 Å². The van der Waals surface area contributed by atoms with Crippen molar-refractivity contribution in [1.29, 1.82) is 0 Å². The lowest BCUT2D eigenvalue weighted by Crippen LogP contribution is -2.50. The van der Waals surface area contributed by atoms with Crippen molar-refractivity contribution in [3.8, 4) is 0 Å². The predicted molar refractivity (Wildman–Crippen MR) is 151 cm³/mol. The van der Waals surface area contributed by atoms with Gasteiger partial charge >= 0.3 is 0 Å². The van der Waals surface area contributed by atoms with Crippen molar-refractivity contribution in [2.24, 2.45) is 11.3 Å². The van der Waals surface area contributed by atoms with Gasteiger partial charge in [-0.05, 0) is 30.4 Å². The van der Waals surface area contributed by atoms with Crippen molar-refractivity contribution in [3.63, 3.8) is 0 Å². The monoisotopic (exact) mass is 510 g/mol. The van der Waals surface area contributed by atoms with Crippen LogP contribution in [0.3, 0.4) is 0 Å². The standard InChI is InChI=1S/C33H38N2O3/c1-22(2)34-32(38)30-27(23-15-9-6-10-16-23)28(31(37)25-19-13-8-14-20-25)29(24-17-11-7-12-18-24)35(30)26(36)21-33(3,4)5/h6-20,22,27-30H,21H2,1-5H3,(H,34,38). The van der Waals surface area contributed by atoms with Gasteiger partial charge in [-0.25, -0.2) is 0 Å². The average molecular weight is 511 g/mol. The SMILES string of the molecule is CC(C)NC(=O)C1C(c2ccccc2)C(C(=O)c2ccccc2)C(c2ccccc2)N1C(=O)CC(C)(C)C. The summed E-state index contributed by atoms with van der Waals surface area (Å²) in [4.78, 5) is 44.3. The van der Waals surface area contributed by atoms with Crippen molar-refractivity contribution in [1.82, 2.24) is 10.2 Å². The van der Waals surface area contributed by atoms with Crippen LogP contribution < -0.4 is 5.32 Å². The van der Waals surface area contributed by atoms with Crippen LogP contribution in [0.25, 0.3) is 0 Å². The number of carbonyl (C=O) groups is 3. The van der Waals surface area contributed by atoms with Crippen LogP contribution in [-0.2, 0) is 9.59 Å². The Balaban J connectivity index is 1.99. The number of ketones is 1. The van der Waals surface area contributed by atoms with Gasteiger partial charge in [0.1, 0.15) is 6.04 Å². The molecule has 1 fully saturated rings. The molecule has 1 saturated heterocycles. The number of rotatable bonds is 7. The molecule has 5 heteroatoms. The van der Waals surface area contributed by atoms with Gasteiger partial charge in [-0.3, -0.25) is 14.4 Å². The highest BCUT2D eigenvalue weighted by atomic mass is 16.2. The summed E-state index contributed by atoms with van der Waals surface area (Å²) >= 11 is 0. The first-order valence-electron chi connectivity index (χ1n) is 13.4. The molecular weight excluding hydrogens is 472 g/mol. The lowest BCUT2D eigenvalue weighted by atomic mass is 9.76. The molecule has 38 heavy (non-hydrogen) atoms. The van der Waals surface area contributed by atoms with E-state index < -0.39 is 23.9 Å². The third-order valence-corrected chi connectivity index (χ3v) is 7.02. The van der Waals surface area contributed by atoms with E-state index in [4.69, 9.17) is 0 Å². The van der Waals surface area contributed by atoms with Crippen LogP contribution in [-0.4, -0.2) is 34.6 Å². The molecule has 0 aromatic heterocycles. The minimum absolute atomic E-state index is 0.0679. The first-order chi connectivity index (χ1) is 18.1. The van der Waals surface area contributed by atoms with E-state index in [2.05, 4.69) is 5.32 Å². The van der Waals surface area contributed by atoms with E-state index in [0.717, 1.165) is 11.1 Å². The molecule has 4 rings (SSSR count). The predicted octanol–water partition coefficient (Wildman–Crippen LogP) is 6.18. The lowest BCUT2D eigenvalue weighted by Gasteiger charge is -2.34. The fourth-order valence-electron chi connectivity index (χ4n) is 5.61. The zero-order valence-electron chi connectivity index (χ0n) is 22.9. The topological polar surface area (TPSA) is 66.5 Å². The van der Waals surface area contributed by atoms with Gasteiger partial charge in [0.15, 0.2) is 5.78 Å². The van der Waals surface area contributed by atoms with Crippen LogP contribution in [0.1, 0.15) is 74.5 Å². The molecule has 0 aliphatic carbocycles. The maximum Gasteiger partial charge on any atom is 0.243 e. The molecule has 1 aliphatic rings. The summed E-state index contributed by atoms with van der Waals surface area (Å²) in [6.45, 7) is 9.87. The van der Waals surface area contributed by atoms with Crippen molar-refractivity contribution in [2.75, 3.05) is 0 Å². The van der Waals surface area contributed by atoms with Crippen LogP contribution >= 0.6 is 0 Å². The molecule has 0 radical (unpaired) electrons. The number of nitrogens with zero attached hydrogens (tertiary/aromatic N) is 1. The Morgan fingerprint density at radius 2 is 1.29 bits per heavy atom. The highest BCUT2D eigenvalue weighted by molar-refractivity contribution is 6.02. The Kier molecular flexibility index (Phi) is 8.15. The summed E-state index contributed by atoms with van der Waals surface area (Å²) in [5.41, 5.74) is 2.01. The van der Waals surface area contributed by atoms with Gasteiger partial charge in [0.25, 0.3) is 0 Å². The molecule has 0 spiro atoms. The van der Waals surface area contributed by atoms with E-state index in [0.29, 0.717) is 5.56 Å². The molecule has 198 valence electrons. The molecule has 0 bridgehead atoms. The first kappa shape index (κ1) is 27.3. The molecule has 4 unspecified atom stereocenters. The summed E-state index contributed by atoms with van der Waals surface area (Å²) < 4.78 is 0. The molecule has 1 N–H and O–H groups in total. The number of carbonyl (C=O) groups excluding carboxylic acids is 3. The van der Waals surface area contributed by atoms with Crippen molar-refractivity contribution >= 4 is 17.6 Å². The molecule has 3 aromatic carbocycles. The number of likely N-dealkylation sites (tertiary alicyclic amines) is 1. The second-order valence-electron chi connectivity index (χ2n) is 11.7. The minimum Gasteiger partial charge on any atom is -0.352 e. The quantitative estimate of drug-likeness (QED) is 0.386. The molecular formula is C33H38N2O3. The van der Waals surface area contributed by atoms with E-state index in [-0.39, 0.29) is 35.5 Å². The zero-order valence-corrected chi connectivity index (χ0v) is 22.9. The summed E-state index contributed by atoms with van der Waals surface area (Å²) in [5.74, 6) is -1.59. The number of nitrogens with one attached hydrogen (secondary N) is 1. The van der Waals surface area contributed by atoms with Gasteiger partial charge in [-0.2, -0.15) is 0 Å². The van der Waals surface area contributed by atoms with Crippen LogP contribution in [0.5, 0.6) is 0 Å². The summed E-state index contributed by atoms with van der Waals surface area (Å²) in [6.07, 6.45) is 0.259. The average Bonchev–Trinajstić information content (AvgIpc) is 3.25. The van der Waals surface area contributed by atoms with Gasteiger partial charge in [-0.1, -0.05) is 112 Å². The van der Waals surface area contributed by atoms with Gasteiger partial charge < -0.3 is 10.2 Å². The largest absolute Gasteiger partial charge is 0.352 e. The number of benzene rings is 3. The number of amides is 2. The molecule has 3 aromatic rings.